The van der Waals surface area contributed by atoms with Crippen molar-refractivity contribution in [2.24, 2.45) is 5.73 Å². The highest BCUT2D eigenvalue weighted by molar-refractivity contribution is 5.21. The Bertz CT molecular complexity index is 531. The number of aryl methyl sites for hydroxylation is 1. The summed E-state index contributed by atoms with van der Waals surface area (Å²) in [5.74, 6) is -1.08. The number of aromatic nitrogens is 2. The van der Waals surface area contributed by atoms with Gasteiger partial charge in [0.2, 0.25) is 0 Å². The van der Waals surface area contributed by atoms with Crippen molar-refractivity contribution in [3.05, 3.63) is 53.4 Å². The average molecular weight is 265 g/mol. The van der Waals surface area contributed by atoms with E-state index in [1.165, 1.54) is 18.2 Å². The van der Waals surface area contributed by atoms with Crippen molar-refractivity contribution < 1.29 is 8.78 Å². The molecular formula is C14H17F2N3. The molecule has 3 nitrogen and oxygen atoms in total. The highest BCUT2D eigenvalue weighted by Crippen LogP contribution is 2.15. The molecule has 1 heterocycles. The van der Waals surface area contributed by atoms with Crippen LogP contribution in [-0.2, 0) is 19.4 Å². The van der Waals surface area contributed by atoms with E-state index in [4.69, 9.17) is 5.73 Å². The minimum atomic E-state index is -0.542. The van der Waals surface area contributed by atoms with E-state index in [0.29, 0.717) is 6.42 Å². The minimum Gasteiger partial charge on any atom is -0.327 e. The maximum absolute atomic E-state index is 13.5. The molecule has 0 saturated heterocycles. The zero-order valence-corrected chi connectivity index (χ0v) is 10.8. The summed E-state index contributed by atoms with van der Waals surface area (Å²) in [6.07, 6.45) is 4.36. The molecule has 0 bridgehead atoms. The van der Waals surface area contributed by atoms with Gasteiger partial charge in [0.15, 0.2) is 0 Å². The second-order valence-electron chi connectivity index (χ2n) is 4.57. The second-order valence-corrected chi connectivity index (χ2v) is 4.57. The molecule has 102 valence electrons. The summed E-state index contributed by atoms with van der Waals surface area (Å²) in [6.45, 7) is 2.78. The average Bonchev–Trinajstić information content (AvgIpc) is 2.81. The Morgan fingerprint density at radius 2 is 1.95 bits per heavy atom. The highest BCUT2D eigenvalue weighted by atomic mass is 19.1. The lowest BCUT2D eigenvalue weighted by Gasteiger charge is -2.11. The fraction of sp³-hybridized carbons (Fsp3) is 0.357. The van der Waals surface area contributed by atoms with Crippen LogP contribution >= 0.6 is 0 Å². The molecule has 2 N–H and O–H groups in total. The van der Waals surface area contributed by atoms with Gasteiger partial charge in [-0.2, -0.15) is 5.10 Å². The van der Waals surface area contributed by atoms with E-state index in [1.807, 2.05) is 13.1 Å². The molecule has 19 heavy (non-hydrogen) atoms. The molecule has 0 aliphatic rings. The molecule has 1 unspecified atom stereocenters. The summed E-state index contributed by atoms with van der Waals surface area (Å²) in [4.78, 5) is 0. The molecule has 0 aliphatic carbocycles. The zero-order chi connectivity index (χ0) is 13.8. The lowest BCUT2D eigenvalue weighted by atomic mass is 10.0. The number of halogens is 2. The monoisotopic (exact) mass is 265 g/mol. The largest absolute Gasteiger partial charge is 0.327 e. The first kappa shape index (κ1) is 13.7. The molecule has 0 amide bonds. The van der Waals surface area contributed by atoms with Gasteiger partial charge in [-0.3, -0.25) is 4.68 Å². The number of rotatable bonds is 5. The van der Waals surface area contributed by atoms with Crippen LogP contribution in [0.5, 0.6) is 0 Å². The molecule has 1 aromatic heterocycles. The van der Waals surface area contributed by atoms with E-state index in [1.54, 1.807) is 10.9 Å². The molecule has 0 spiro atoms. The second kappa shape index (κ2) is 5.93. The third-order valence-corrected chi connectivity index (χ3v) is 3.04. The summed E-state index contributed by atoms with van der Waals surface area (Å²) in [7, 11) is 0. The number of hydrogen-bond acceptors (Lipinski definition) is 2. The Hall–Kier alpha value is -1.75. The van der Waals surface area contributed by atoms with Gasteiger partial charge in [-0.25, -0.2) is 8.78 Å². The van der Waals surface area contributed by atoms with E-state index >= 15 is 0 Å². The normalized spacial score (nSPS) is 12.6. The van der Waals surface area contributed by atoms with E-state index < -0.39 is 11.6 Å². The van der Waals surface area contributed by atoms with Gasteiger partial charge in [-0.1, -0.05) is 6.07 Å². The number of benzene rings is 1. The van der Waals surface area contributed by atoms with Crippen LogP contribution in [0, 0.1) is 11.6 Å². The van der Waals surface area contributed by atoms with Crippen LogP contribution in [0.15, 0.2) is 30.6 Å². The van der Waals surface area contributed by atoms with Gasteiger partial charge < -0.3 is 5.73 Å². The van der Waals surface area contributed by atoms with E-state index in [9.17, 15) is 8.78 Å². The quantitative estimate of drug-likeness (QED) is 0.901. The summed E-state index contributed by atoms with van der Waals surface area (Å²) in [5, 5.41) is 4.14. The summed E-state index contributed by atoms with van der Waals surface area (Å²) in [5.41, 5.74) is 6.99. The van der Waals surface area contributed by atoms with Gasteiger partial charge in [0, 0.05) is 24.3 Å². The van der Waals surface area contributed by atoms with Crippen LogP contribution in [0.1, 0.15) is 18.1 Å². The summed E-state index contributed by atoms with van der Waals surface area (Å²) in [6, 6.07) is 3.52. The van der Waals surface area contributed by atoms with Crippen LogP contribution in [0.2, 0.25) is 0 Å². The van der Waals surface area contributed by atoms with Crippen LogP contribution in [0.4, 0.5) is 8.78 Å². The number of nitrogens with two attached hydrogens (primary N) is 1. The van der Waals surface area contributed by atoms with E-state index in [2.05, 4.69) is 5.10 Å². The fourth-order valence-electron chi connectivity index (χ4n) is 2.05. The van der Waals surface area contributed by atoms with Gasteiger partial charge >= 0.3 is 0 Å². The molecule has 5 heteroatoms. The predicted molar refractivity (Wildman–Crippen MR) is 69.6 cm³/mol. The van der Waals surface area contributed by atoms with Crippen LogP contribution < -0.4 is 5.73 Å². The Balaban J connectivity index is 2.03. The topological polar surface area (TPSA) is 43.8 Å². The highest BCUT2D eigenvalue weighted by Gasteiger charge is 2.13. The molecule has 2 aromatic rings. The first-order chi connectivity index (χ1) is 9.10. The molecular weight excluding hydrogens is 248 g/mol. The van der Waals surface area contributed by atoms with E-state index in [-0.39, 0.29) is 18.0 Å². The van der Waals surface area contributed by atoms with Gasteiger partial charge in [-0.15, -0.1) is 0 Å². The smallest absolute Gasteiger partial charge is 0.129 e. The minimum absolute atomic E-state index is 0.0536. The first-order valence-corrected chi connectivity index (χ1v) is 6.30. The molecule has 0 aliphatic heterocycles. The van der Waals surface area contributed by atoms with Crippen molar-refractivity contribution in [1.29, 1.82) is 0 Å². The van der Waals surface area contributed by atoms with Gasteiger partial charge in [0.05, 0.1) is 6.20 Å². The molecule has 0 radical (unpaired) electrons. The summed E-state index contributed by atoms with van der Waals surface area (Å²) < 4.78 is 28.8. The molecule has 0 saturated carbocycles. The molecule has 1 atom stereocenters. The maximum atomic E-state index is 13.5. The first-order valence-electron chi connectivity index (χ1n) is 6.30. The molecule has 1 aromatic carbocycles. The number of hydrogen-bond donors (Lipinski definition) is 1. The van der Waals surface area contributed by atoms with Gasteiger partial charge in [0.1, 0.15) is 11.6 Å². The van der Waals surface area contributed by atoms with Crippen molar-refractivity contribution in [2.75, 3.05) is 0 Å². The SMILES string of the molecule is CCn1cc(CC(N)Cc2c(F)cccc2F)cn1. The van der Waals surface area contributed by atoms with Crippen LogP contribution in [0.3, 0.4) is 0 Å². The predicted octanol–water partition coefficient (Wildman–Crippen LogP) is 2.29. The van der Waals surface area contributed by atoms with Crippen molar-refractivity contribution in [3.63, 3.8) is 0 Å². The van der Waals surface area contributed by atoms with Crippen LogP contribution in [0.25, 0.3) is 0 Å². The third-order valence-electron chi connectivity index (χ3n) is 3.04. The summed E-state index contributed by atoms with van der Waals surface area (Å²) >= 11 is 0. The van der Waals surface area contributed by atoms with Crippen molar-refractivity contribution in [1.82, 2.24) is 9.78 Å². The zero-order valence-electron chi connectivity index (χ0n) is 10.8. The lowest BCUT2D eigenvalue weighted by Crippen LogP contribution is -2.26. The lowest BCUT2D eigenvalue weighted by molar-refractivity contribution is 0.533. The molecule has 2 rings (SSSR count). The van der Waals surface area contributed by atoms with Crippen LogP contribution in [-0.4, -0.2) is 15.8 Å². The molecule has 0 fully saturated rings. The third kappa shape index (κ3) is 3.38. The van der Waals surface area contributed by atoms with Crippen molar-refractivity contribution in [3.8, 4) is 0 Å². The Labute approximate surface area is 111 Å². The van der Waals surface area contributed by atoms with Crippen molar-refractivity contribution >= 4 is 0 Å². The fourth-order valence-corrected chi connectivity index (χ4v) is 2.05. The Morgan fingerprint density at radius 3 is 2.53 bits per heavy atom. The van der Waals surface area contributed by atoms with E-state index in [0.717, 1.165) is 12.1 Å². The maximum Gasteiger partial charge on any atom is 0.129 e. The number of nitrogens with zero attached hydrogens (tertiary/aromatic N) is 2. The van der Waals surface area contributed by atoms with Gasteiger partial charge in [-0.05, 0) is 37.5 Å². The Kier molecular flexibility index (Phi) is 4.27. The Morgan fingerprint density at radius 1 is 1.26 bits per heavy atom. The standard InChI is InChI=1S/C14H17F2N3/c1-2-19-9-10(8-18-19)6-11(17)7-12-13(15)4-3-5-14(12)16/h3-5,8-9,11H,2,6-7,17H2,1H3. The van der Waals surface area contributed by atoms with Crippen molar-refractivity contribution in [2.45, 2.75) is 32.4 Å². The van der Waals surface area contributed by atoms with Gasteiger partial charge in [0.25, 0.3) is 0 Å².